The summed E-state index contributed by atoms with van der Waals surface area (Å²) in [5.41, 5.74) is 0.838. The molecular formula is C14H17Cl2NO3. The van der Waals surface area contributed by atoms with Crippen molar-refractivity contribution in [1.82, 2.24) is 5.32 Å². The van der Waals surface area contributed by atoms with Crippen LogP contribution in [0.5, 0.6) is 0 Å². The second-order valence-electron chi connectivity index (χ2n) is 4.85. The maximum Gasteiger partial charge on any atom is 0.305 e. The van der Waals surface area contributed by atoms with Crippen LogP contribution in [0.25, 0.3) is 0 Å². The molecule has 1 amide bonds. The third kappa shape index (κ3) is 5.39. The first-order valence-electron chi connectivity index (χ1n) is 6.25. The number of carbonyl (C=O) groups excluding carboxylic acids is 1. The van der Waals surface area contributed by atoms with E-state index in [1.807, 2.05) is 0 Å². The molecule has 0 bridgehead atoms. The molecule has 0 aliphatic rings. The van der Waals surface area contributed by atoms with Gasteiger partial charge in [0.2, 0.25) is 5.91 Å². The first kappa shape index (κ1) is 16.8. The minimum absolute atomic E-state index is 0.0971. The lowest BCUT2D eigenvalue weighted by atomic mass is 10.00. The maximum absolute atomic E-state index is 11.9. The quantitative estimate of drug-likeness (QED) is 0.847. The second-order valence-corrected chi connectivity index (χ2v) is 5.69. The SMILES string of the molecule is CC(CC(=O)O)NC(=O)C(C)Cc1ccc(Cl)cc1Cl. The van der Waals surface area contributed by atoms with Crippen LogP contribution in [0.15, 0.2) is 18.2 Å². The molecule has 20 heavy (non-hydrogen) atoms. The zero-order valence-corrected chi connectivity index (χ0v) is 12.8. The molecule has 0 heterocycles. The van der Waals surface area contributed by atoms with Gasteiger partial charge in [-0.1, -0.05) is 36.2 Å². The van der Waals surface area contributed by atoms with E-state index < -0.39 is 12.0 Å². The number of hydrogen-bond donors (Lipinski definition) is 2. The van der Waals surface area contributed by atoms with Gasteiger partial charge in [0, 0.05) is 22.0 Å². The topological polar surface area (TPSA) is 66.4 Å². The van der Waals surface area contributed by atoms with E-state index in [1.54, 1.807) is 32.0 Å². The summed E-state index contributed by atoms with van der Waals surface area (Å²) < 4.78 is 0. The van der Waals surface area contributed by atoms with Gasteiger partial charge in [-0.05, 0) is 31.0 Å². The molecular weight excluding hydrogens is 301 g/mol. The third-order valence-electron chi connectivity index (χ3n) is 2.86. The van der Waals surface area contributed by atoms with Crippen molar-refractivity contribution in [3.63, 3.8) is 0 Å². The van der Waals surface area contributed by atoms with Gasteiger partial charge in [0.1, 0.15) is 0 Å². The Kier molecular flexibility index (Phi) is 6.30. The molecule has 2 unspecified atom stereocenters. The molecule has 110 valence electrons. The van der Waals surface area contributed by atoms with Gasteiger partial charge in [-0.3, -0.25) is 9.59 Å². The van der Waals surface area contributed by atoms with Crippen molar-refractivity contribution in [3.8, 4) is 0 Å². The molecule has 2 N–H and O–H groups in total. The average Bonchev–Trinajstić information content (AvgIpc) is 2.31. The van der Waals surface area contributed by atoms with Gasteiger partial charge in [-0.2, -0.15) is 0 Å². The maximum atomic E-state index is 11.9. The number of carboxylic acids is 1. The fraction of sp³-hybridized carbons (Fsp3) is 0.429. The Hall–Kier alpha value is -1.26. The molecule has 4 nitrogen and oxygen atoms in total. The number of rotatable bonds is 6. The minimum atomic E-state index is -0.939. The number of nitrogens with one attached hydrogen (secondary N) is 1. The van der Waals surface area contributed by atoms with Crippen molar-refractivity contribution in [2.45, 2.75) is 32.7 Å². The third-order valence-corrected chi connectivity index (χ3v) is 3.45. The highest BCUT2D eigenvalue weighted by Gasteiger charge is 2.18. The monoisotopic (exact) mass is 317 g/mol. The lowest BCUT2D eigenvalue weighted by molar-refractivity contribution is -0.137. The minimum Gasteiger partial charge on any atom is -0.481 e. The Bertz CT molecular complexity index is 505. The van der Waals surface area contributed by atoms with Crippen LogP contribution in [0.2, 0.25) is 10.0 Å². The van der Waals surface area contributed by atoms with E-state index in [0.717, 1.165) is 5.56 Å². The summed E-state index contributed by atoms with van der Waals surface area (Å²) in [6.45, 7) is 3.43. The van der Waals surface area contributed by atoms with Crippen molar-refractivity contribution >= 4 is 35.1 Å². The molecule has 1 rings (SSSR count). The van der Waals surface area contributed by atoms with Crippen LogP contribution in [-0.2, 0) is 16.0 Å². The van der Waals surface area contributed by atoms with Crippen LogP contribution in [0.4, 0.5) is 0 Å². The molecule has 0 aliphatic carbocycles. The second kappa shape index (κ2) is 7.50. The van der Waals surface area contributed by atoms with Crippen molar-refractivity contribution in [3.05, 3.63) is 33.8 Å². The standard InChI is InChI=1S/C14H17Cl2NO3/c1-8(14(20)17-9(2)6-13(18)19)5-10-3-4-11(15)7-12(10)16/h3-4,7-9H,5-6H2,1-2H3,(H,17,20)(H,18,19). The highest BCUT2D eigenvalue weighted by molar-refractivity contribution is 6.35. The fourth-order valence-corrected chi connectivity index (χ4v) is 2.29. The van der Waals surface area contributed by atoms with Gasteiger partial charge in [-0.25, -0.2) is 0 Å². The number of carboxylic acid groups (broad SMARTS) is 1. The van der Waals surface area contributed by atoms with Crippen LogP contribution >= 0.6 is 23.2 Å². The van der Waals surface area contributed by atoms with Gasteiger partial charge in [0.15, 0.2) is 0 Å². The lowest BCUT2D eigenvalue weighted by Crippen LogP contribution is -2.38. The number of aliphatic carboxylic acids is 1. The van der Waals surface area contributed by atoms with Crippen LogP contribution < -0.4 is 5.32 Å². The molecule has 1 aromatic carbocycles. The fourth-order valence-electron chi connectivity index (χ4n) is 1.81. The molecule has 0 aliphatic heterocycles. The Morgan fingerprint density at radius 3 is 2.50 bits per heavy atom. The van der Waals surface area contributed by atoms with Crippen molar-refractivity contribution in [1.29, 1.82) is 0 Å². The van der Waals surface area contributed by atoms with E-state index in [4.69, 9.17) is 28.3 Å². The van der Waals surface area contributed by atoms with Crippen LogP contribution in [-0.4, -0.2) is 23.0 Å². The molecule has 0 fully saturated rings. The van der Waals surface area contributed by atoms with Crippen molar-refractivity contribution < 1.29 is 14.7 Å². The molecule has 0 radical (unpaired) electrons. The van der Waals surface area contributed by atoms with E-state index >= 15 is 0 Å². The molecule has 0 saturated carbocycles. The Morgan fingerprint density at radius 1 is 1.30 bits per heavy atom. The van der Waals surface area contributed by atoms with Crippen LogP contribution in [0.3, 0.4) is 0 Å². The number of benzene rings is 1. The van der Waals surface area contributed by atoms with Gasteiger partial charge in [0.05, 0.1) is 6.42 Å². The summed E-state index contributed by atoms with van der Waals surface area (Å²) in [5.74, 6) is -1.43. The van der Waals surface area contributed by atoms with E-state index in [-0.39, 0.29) is 18.2 Å². The van der Waals surface area contributed by atoms with Crippen LogP contribution in [0, 0.1) is 5.92 Å². The number of hydrogen-bond acceptors (Lipinski definition) is 2. The Balaban J connectivity index is 2.59. The molecule has 0 spiro atoms. The molecule has 2 atom stereocenters. The van der Waals surface area contributed by atoms with E-state index in [1.165, 1.54) is 0 Å². The predicted molar refractivity (Wildman–Crippen MR) is 79.2 cm³/mol. The zero-order valence-electron chi connectivity index (χ0n) is 11.3. The van der Waals surface area contributed by atoms with Gasteiger partial charge >= 0.3 is 5.97 Å². The van der Waals surface area contributed by atoms with Crippen molar-refractivity contribution in [2.24, 2.45) is 5.92 Å². The largest absolute Gasteiger partial charge is 0.481 e. The van der Waals surface area contributed by atoms with Gasteiger partial charge in [0.25, 0.3) is 0 Å². The van der Waals surface area contributed by atoms with E-state index in [2.05, 4.69) is 5.32 Å². The summed E-state index contributed by atoms with van der Waals surface area (Å²) in [5, 5.41) is 12.4. The van der Waals surface area contributed by atoms with Crippen LogP contribution in [0.1, 0.15) is 25.8 Å². The smallest absolute Gasteiger partial charge is 0.305 e. The lowest BCUT2D eigenvalue weighted by Gasteiger charge is -2.17. The Morgan fingerprint density at radius 2 is 1.95 bits per heavy atom. The summed E-state index contributed by atoms with van der Waals surface area (Å²) in [6.07, 6.45) is 0.377. The van der Waals surface area contributed by atoms with Gasteiger partial charge < -0.3 is 10.4 Å². The van der Waals surface area contributed by atoms with Crippen molar-refractivity contribution in [2.75, 3.05) is 0 Å². The summed E-state index contributed by atoms with van der Waals surface area (Å²) in [7, 11) is 0. The number of halogens is 2. The van der Waals surface area contributed by atoms with E-state index in [9.17, 15) is 9.59 Å². The average molecular weight is 318 g/mol. The normalized spacial score (nSPS) is 13.6. The summed E-state index contributed by atoms with van der Waals surface area (Å²) >= 11 is 11.9. The first-order valence-corrected chi connectivity index (χ1v) is 7.01. The number of carbonyl (C=O) groups is 2. The predicted octanol–water partition coefficient (Wildman–Crippen LogP) is 3.15. The number of amides is 1. The molecule has 0 aromatic heterocycles. The molecule has 0 saturated heterocycles. The van der Waals surface area contributed by atoms with Gasteiger partial charge in [-0.15, -0.1) is 0 Å². The van der Waals surface area contributed by atoms with E-state index in [0.29, 0.717) is 16.5 Å². The zero-order chi connectivity index (χ0) is 15.3. The first-order chi connectivity index (χ1) is 9.29. The molecule has 6 heteroatoms. The highest BCUT2D eigenvalue weighted by Crippen LogP contribution is 2.23. The molecule has 1 aromatic rings. The summed E-state index contributed by atoms with van der Waals surface area (Å²) in [4.78, 5) is 22.5. The Labute approximate surface area is 128 Å². The summed E-state index contributed by atoms with van der Waals surface area (Å²) in [6, 6.07) is 4.74. The highest BCUT2D eigenvalue weighted by atomic mass is 35.5.